The molecule has 4 aromatic rings. The van der Waals surface area contributed by atoms with Crippen molar-refractivity contribution >= 4 is 0 Å². The van der Waals surface area contributed by atoms with Gasteiger partial charge in [0.1, 0.15) is 11.5 Å². The van der Waals surface area contributed by atoms with Gasteiger partial charge in [-0.2, -0.15) is 0 Å². The molecule has 0 aromatic heterocycles. The number of ether oxygens (including phenoxy) is 2. The molecule has 198 valence electrons. The van der Waals surface area contributed by atoms with E-state index in [1.165, 1.54) is 22.3 Å². The van der Waals surface area contributed by atoms with E-state index in [1.807, 2.05) is 24.3 Å². The van der Waals surface area contributed by atoms with Crippen LogP contribution in [0.2, 0.25) is 0 Å². The fourth-order valence-corrected chi connectivity index (χ4v) is 4.86. The van der Waals surface area contributed by atoms with Crippen LogP contribution in [0.25, 0.3) is 0 Å². The molecule has 4 heteroatoms. The van der Waals surface area contributed by atoms with Crippen LogP contribution in [0.4, 0.5) is 0 Å². The second kappa shape index (κ2) is 15.0. The van der Waals surface area contributed by atoms with Gasteiger partial charge in [0.05, 0.1) is 26.3 Å². The molecule has 0 heterocycles. The van der Waals surface area contributed by atoms with Gasteiger partial charge >= 0.3 is 0 Å². The smallest absolute Gasteiger partial charge is 0.118 e. The number of methoxy groups -OCH3 is 2. The zero-order valence-electron chi connectivity index (χ0n) is 22.6. The highest BCUT2D eigenvalue weighted by atomic mass is 16.5. The molecular formula is C34H40N2O2. The molecule has 0 unspecified atom stereocenters. The Balaban J connectivity index is 1.41. The van der Waals surface area contributed by atoms with E-state index in [2.05, 4.69) is 95.6 Å². The lowest BCUT2D eigenvalue weighted by atomic mass is 9.92. The number of hydrogen-bond acceptors (Lipinski definition) is 4. The Morgan fingerprint density at radius 3 is 1.21 bits per heavy atom. The second-order valence-corrected chi connectivity index (χ2v) is 9.59. The van der Waals surface area contributed by atoms with Gasteiger partial charge in [-0.05, 0) is 85.3 Å². The predicted molar refractivity (Wildman–Crippen MR) is 157 cm³/mol. The summed E-state index contributed by atoms with van der Waals surface area (Å²) in [7, 11) is 3.41. The minimum absolute atomic E-state index is 0.162. The molecule has 0 spiro atoms. The fraction of sp³-hybridized carbons (Fsp3) is 0.294. The van der Waals surface area contributed by atoms with Gasteiger partial charge in [-0.3, -0.25) is 0 Å². The molecule has 2 atom stereocenters. The summed E-state index contributed by atoms with van der Waals surface area (Å²) in [5.41, 5.74) is 5.27. The average molecular weight is 509 g/mol. The molecule has 4 rings (SSSR count). The van der Waals surface area contributed by atoms with E-state index in [1.54, 1.807) is 14.2 Å². The summed E-state index contributed by atoms with van der Waals surface area (Å²) in [6, 6.07) is 38.7. The first-order chi connectivity index (χ1) is 18.8. The molecule has 4 aromatic carbocycles. The van der Waals surface area contributed by atoms with Crippen LogP contribution < -0.4 is 20.1 Å². The van der Waals surface area contributed by atoms with E-state index in [-0.39, 0.29) is 12.1 Å². The van der Waals surface area contributed by atoms with Crippen molar-refractivity contribution in [1.82, 2.24) is 10.6 Å². The quantitative estimate of drug-likeness (QED) is 0.171. The second-order valence-electron chi connectivity index (χ2n) is 9.59. The number of rotatable bonds is 15. The van der Waals surface area contributed by atoms with E-state index >= 15 is 0 Å². The van der Waals surface area contributed by atoms with Crippen molar-refractivity contribution in [3.63, 3.8) is 0 Å². The SMILES string of the molecule is COc1ccc(CCCN[C@H](c2ccccc2)[C@H](NCCCc2ccc(OC)cc2)c2ccccc2)cc1. The molecular weight excluding hydrogens is 468 g/mol. The van der Waals surface area contributed by atoms with Crippen LogP contribution >= 0.6 is 0 Å². The summed E-state index contributed by atoms with van der Waals surface area (Å²) in [6.07, 6.45) is 4.19. The fourth-order valence-electron chi connectivity index (χ4n) is 4.86. The highest BCUT2D eigenvalue weighted by Crippen LogP contribution is 2.29. The third-order valence-corrected chi connectivity index (χ3v) is 6.98. The van der Waals surface area contributed by atoms with Gasteiger partial charge in [0, 0.05) is 0 Å². The number of hydrogen-bond donors (Lipinski definition) is 2. The molecule has 0 radical (unpaired) electrons. The van der Waals surface area contributed by atoms with Gasteiger partial charge in [0.2, 0.25) is 0 Å². The summed E-state index contributed by atoms with van der Waals surface area (Å²) in [5.74, 6) is 1.81. The predicted octanol–water partition coefficient (Wildman–Crippen LogP) is 6.93. The summed E-state index contributed by atoms with van der Waals surface area (Å²) >= 11 is 0. The molecule has 38 heavy (non-hydrogen) atoms. The molecule has 0 amide bonds. The van der Waals surface area contributed by atoms with Crippen molar-refractivity contribution in [1.29, 1.82) is 0 Å². The van der Waals surface area contributed by atoms with Gasteiger partial charge in [-0.1, -0.05) is 84.9 Å². The van der Waals surface area contributed by atoms with Crippen LogP contribution in [0.5, 0.6) is 11.5 Å². The van der Waals surface area contributed by atoms with Crippen molar-refractivity contribution < 1.29 is 9.47 Å². The number of nitrogens with one attached hydrogen (secondary N) is 2. The van der Waals surface area contributed by atoms with E-state index < -0.39 is 0 Å². The molecule has 0 bridgehead atoms. The molecule has 0 saturated heterocycles. The topological polar surface area (TPSA) is 42.5 Å². The molecule has 0 aliphatic carbocycles. The Bertz CT molecular complexity index is 1080. The van der Waals surface area contributed by atoms with Crippen LogP contribution in [0, 0.1) is 0 Å². The minimum atomic E-state index is 0.162. The van der Waals surface area contributed by atoms with Crippen LogP contribution in [0.1, 0.15) is 47.2 Å². The summed E-state index contributed by atoms with van der Waals surface area (Å²) in [4.78, 5) is 0. The third kappa shape index (κ3) is 8.20. The number of benzene rings is 4. The van der Waals surface area contributed by atoms with Crippen LogP contribution in [0.15, 0.2) is 109 Å². The van der Waals surface area contributed by atoms with Crippen molar-refractivity contribution in [2.75, 3.05) is 27.3 Å². The van der Waals surface area contributed by atoms with Crippen molar-refractivity contribution in [2.45, 2.75) is 37.8 Å². The van der Waals surface area contributed by atoms with E-state index in [0.29, 0.717) is 0 Å². The highest BCUT2D eigenvalue weighted by molar-refractivity contribution is 5.29. The molecule has 0 aliphatic heterocycles. The zero-order chi connectivity index (χ0) is 26.4. The lowest BCUT2D eigenvalue weighted by Gasteiger charge is -2.30. The van der Waals surface area contributed by atoms with E-state index in [4.69, 9.17) is 9.47 Å². The van der Waals surface area contributed by atoms with Crippen molar-refractivity contribution in [3.8, 4) is 11.5 Å². The maximum atomic E-state index is 5.29. The van der Waals surface area contributed by atoms with Crippen LogP contribution in [0.3, 0.4) is 0 Å². The van der Waals surface area contributed by atoms with Crippen molar-refractivity contribution in [2.24, 2.45) is 0 Å². The maximum Gasteiger partial charge on any atom is 0.118 e. The van der Waals surface area contributed by atoms with Gasteiger partial charge in [0.25, 0.3) is 0 Å². The van der Waals surface area contributed by atoms with Gasteiger partial charge < -0.3 is 20.1 Å². The van der Waals surface area contributed by atoms with Gasteiger partial charge in [0.15, 0.2) is 0 Å². The Hall–Kier alpha value is -3.60. The van der Waals surface area contributed by atoms with Gasteiger partial charge in [-0.15, -0.1) is 0 Å². The van der Waals surface area contributed by atoms with E-state index in [9.17, 15) is 0 Å². The largest absolute Gasteiger partial charge is 0.497 e. The van der Waals surface area contributed by atoms with Crippen molar-refractivity contribution in [3.05, 3.63) is 131 Å². The summed E-state index contributed by atoms with van der Waals surface area (Å²) < 4.78 is 10.6. The summed E-state index contributed by atoms with van der Waals surface area (Å²) in [6.45, 7) is 1.87. The first kappa shape index (κ1) is 27.4. The Kier molecular flexibility index (Phi) is 10.8. The van der Waals surface area contributed by atoms with Crippen LogP contribution in [-0.2, 0) is 12.8 Å². The van der Waals surface area contributed by atoms with Gasteiger partial charge in [-0.25, -0.2) is 0 Å². The monoisotopic (exact) mass is 508 g/mol. The highest BCUT2D eigenvalue weighted by Gasteiger charge is 2.24. The minimum Gasteiger partial charge on any atom is -0.497 e. The molecule has 0 aliphatic rings. The molecule has 0 fully saturated rings. The lowest BCUT2D eigenvalue weighted by Crippen LogP contribution is -2.36. The first-order valence-corrected chi connectivity index (χ1v) is 13.6. The molecule has 2 N–H and O–H groups in total. The van der Waals surface area contributed by atoms with E-state index in [0.717, 1.165) is 50.3 Å². The average Bonchev–Trinajstić information content (AvgIpc) is 2.99. The summed E-state index contributed by atoms with van der Waals surface area (Å²) in [5, 5.41) is 7.80. The first-order valence-electron chi connectivity index (χ1n) is 13.6. The molecule has 4 nitrogen and oxygen atoms in total. The Morgan fingerprint density at radius 2 is 0.868 bits per heavy atom. The lowest BCUT2D eigenvalue weighted by molar-refractivity contribution is 0.380. The number of aryl methyl sites for hydroxylation is 2. The zero-order valence-corrected chi connectivity index (χ0v) is 22.6. The standard InChI is InChI=1S/C34H40N2O2/c1-37-31-21-17-27(18-22-31)11-9-25-35-33(29-13-5-3-6-14-29)34(30-15-7-4-8-16-30)36-26-10-12-28-19-23-32(38-2)24-20-28/h3-8,13-24,33-36H,9-12,25-26H2,1-2H3/t33-,34-/m1/s1. The Morgan fingerprint density at radius 1 is 0.500 bits per heavy atom. The Labute approximate surface area is 228 Å². The normalized spacial score (nSPS) is 12.6. The third-order valence-electron chi connectivity index (χ3n) is 6.98. The maximum absolute atomic E-state index is 5.29. The van der Waals surface area contributed by atoms with Crippen LogP contribution in [-0.4, -0.2) is 27.3 Å². The molecule has 0 saturated carbocycles.